The molecule has 2 aromatic carbocycles. The van der Waals surface area contributed by atoms with Crippen LogP contribution < -0.4 is 4.74 Å². The first-order valence-electron chi connectivity index (χ1n) is 11.2. The molecule has 2 aliphatic rings. The largest absolute Gasteiger partial charge is 0.493 e. The summed E-state index contributed by atoms with van der Waals surface area (Å²) in [5.41, 5.74) is 5.18. The molecule has 0 saturated heterocycles. The summed E-state index contributed by atoms with van der Waals surface area (Å²) >= 11 is 0. The van der Waals surface area contributed by atoms with Crippen LogP contribution >= 0.6 is 0 Å². The van der Waals surface area contributed by atoms with Gasteiger partial charge in [-0.05, 0) is 59.7 Å². The van der Waals surface area contributed by atoms with Crippen molar-refractivity contribution in [3.8, 4) is 16.9 Å². The average molecular weight is 478 g/mol. The summed E-state index contributed by atoms with van der Waals surface area (Å²) in [5.74, 6) is 1.19. The number of aryl methyl sites for hydroxylation is 1. The lowest BCUT2D eigenvalue weighted by atomic mass is 9.86. The van der Waals surface area contributed by atoms with Gasteiger partial charge in [0.05, 0.1) is 17.7 Å². The lowest BCUT2D eigenvalue weighted by molar-refractivity contribution is -0.111. The summed E-state index contributed by atoms with van der Waals surface area (Å²) in [7, 11) is 0.297. The molecule has 0 amide bonds. The Morgan fingerprint density at radius 2 is 1.88 bits per heavy atom. The third-order valence-electron chi connectivity index (χ3n) is 6.44. The molecule has 1 unspecified atom stereocenters. The third kappa shape index (κ3) is 4.25. The number of carbonyl (C=O) groups excluding carboxylic acids is 1. The lowest BCUT2D eigenvalue weighted by Crippen LogP contribution is -2.26. The summed E-state index contributed by atoms with van der Waals surface area (Å²) in [4.78, 5) is 14.1. The highest BCUT2D eigenvalue weighted by Gasteiger charge is 2.29. The number of hydrogen-bond acceptors (Lipinski definition) is 6. The molecule has 7 nitrogen and oxygen atoms in total. The molecule has 1 aliphatic carbocycles. The van der Waals surface area contributed by atoms with E-state index in [0.717, 1.165) is 47.0 Å². The molecule has 1 atom stereocenters. The summed E-state index contributed by atoms with van der Waals surface area (Å²) in [5, 5.41) is 4.28. The first-order valence-corrected chi connectivity index (χ1v) is 13.1. The maximum atomic E-state index is 12.4. The number of hydrogen-bond donors (Lipinski definition) is 0. The van der Waals surface area contributed by atoms with Gasteiger partial charge >= 0.3 is 0 Å². The van der Waals surface area contributed by atoms with Gasteiger partial charge in [-0.1, -0.05) is 12.1 Å². The monoisotopic (exact) mass is 477 g/mol. The maximum absolute atomic E-state index is 12.4. The highest BCUT2D eigenvalue weighted by Crippen LogP contribution is 2.42. The van der Waals surface area contributed by atoms with Crippen molar-refractivity contribution in [2.45, 2.75) is 23.8 Å². The van der Waals surface area contributed by atoms with Gasteiger partial charge in [0.1, 0.15) is 18.1 Å². The van der Waals surface area contributed by atoms with Crippen LogP contribution in [0.25, 0.3) is 16.7 Å². The molecule has 1 fully saturated rings. The molecule has 0 radical (unpaired) electrons. The van der Waals surface area contributed by atoms with E-state index in [1.54, 1.807) is 29.1 Å². The fraction of sp³-hybridized carbons (Fsp3) is 0.308. The Bertz CT molecular complexity index is 1400. The van der Waals surface area contributed by atoms with E-state index in [1.165, 1.54) is 6.26 Å². The van der Waals surface area contributed by atoms with Crippen molar-refractivity contribution in [3.63, 3.8) is 0 Å². The molecular formula is C26H27N3O4S. The van der Waals surface area contributed by atoms with Gasteiger partial charge in [-0.15, -0.1) is 0 Å². The third-order valence-corrected chi connectivity index (χ3v) is 7.55. The Labute approximate surface area is 199 Å². The molecule has 3 aromatic rings. The van der Waals surface area contributed by atoms with Gasteiger partial charge in [0.25, 0.3) is 0 Å². The second kappa shape index (κ2) is 8.43. The van der Waals surface area contributed by atoms with Crippen LogP contribution in [0.5, 0.6) is 5.75 Å². The first kappa shape index (κ1) is 22.4. The molecule has 8 heteroatoms. The Hall–Kier alpha value is -3.39. The second-order valence-electron chi connectivity index (χ2n) is 9.18. The zero-order chi connectivity index (χ0) is 24.0. The summed E-state index contributed by atoms with van der Waals surface area (Å²) in [6.07, 6.45) is 10.1. The topological polar surface area (TPSA) is 81.5 Å². The average Bonchev–Trinajstić information content (AvgIpc) is 3.54. The van der Waals surface area contributed by atoms with Crippen molar-refractivity contribution in [1.29, 1.82) is 0 Å². The number of carbonyl (C=O) groups is 1. The minimum absolute atomic E-state index is 0.229. The van der Waals surface area contributed by atoms with Crippen molar-refractivity contribution in [1.82, 2.24) is 14.7 Å². The van der Waals surface area contributed by atoms with E-state index in [4.69, 9.17) is 4.74 Å². The Morgan fingerprint density at radius 1 is 1.09 bits per heavy atom. The number of nitrogens with zero attached hydrogens (tertiary/aromatic N) is 3. The zero-order valence-corrected chi connectivity index (χ0v) is 20.2. The molecule has 1 aromatic heterocycles. The smallest absolute Gasteiger partial charge is 0.175 e. The number of aldehydes is 1. The van der Waals surface area contributed by atoms with Gasteiger partial charge < -0.3 is 14.4 Å². The van der Waals surface area contributed by atoms with Gasteiger partial charge in [0.15, 0.2) is 9.84 Å². The second-order valence-corrected chi connectivity index (χ2v) is 11.2. The quantitative estimate of drug-likeness (QED) is 0.481. The number of fused-ring (bicyclic) bond motifs is 1. The number of rotatable bonds is 7. The lowest BCUT2D eigenvalue weighted by Gasteiger charge is -2.32. The Balaban J connectivity index is 1.69. The summed E-state index contributed by atoms with van der Waals surface area (Å²) in [6, 6.07) is 10.6. The number of benzene rings is 2. The normalized spacial score (nSPS) is 17.8. The van der Waals surface area contributed by atoms with Gasteiger partial charge in [-0.3, -0.25) is 4.68 Å². The van der Waals surface area contributed by atoms with Crippen LogP contribution in [0.4, 0.5) is 0 Å². The molecule has 34 heavy (non-hydrogen) atoms. The van der Waals surface area contributed by atoms with E-state index in [1.807, 2.05) is 49.6 Å². The summed E-state index contributed by atoms with van der Waals surface area (Å²) in [6.45, 7) is 0.605. The van der Waals surface area contributed by atoms with E-state index in [0.29, 0.717) is 23.8 Å². The Kier molecular flexibility index (Phi) is 5.56. The predicted molar refractivity (Wildman–Crippen MR) is 130 cm³/mol. The molecule has 2 heterocycles. The summed E-state index contributed by atoms with van der Waals surface area (Å²) < 4.78 is 32.7. The molecule has 176 valence electrons. The van der Waals surface area contributed by atoms with Gasteiger partial charge in [-0.25, -0.2) is 8.42 Å². The zero-order valence-electron chi connectivity index (χ0n) is 19.4. The molecule has 5 rings (SSSR count). The van der Waals surface area contributed by atoms with Crippen LogP contribution in [0.1, 0.15) is 35.6 Å². The van der Waals surface area contributed by atoms with E-state index >= 15 is 0 Å². The van der Waals surface area contributed by atoms with E-state index in [-0.39, 0.29) is 4.90 Å². The van der Waals surface area contributed by atoms with Gasteiger partial charge in [0, 0.05) is 49.4 Å². The highest BCUT2D eigenvalue weighted by molar-refractivity contribution is 7.90. The molecular weight excluding hydrogens is 450 g/mol. The van der Waals surface area contributed by atoms with E-state index < -0.39 is 15.9 Å². The standard InChI is InChI=1S/C26H27N3O4S/c1-28-14-24(23-11-20(34(3,31)32)7-9-26(23)33-16-17-4-5-17)22-10-18(19-12-27-29(2)13-19)6-8-21(22)25(28)15-30/h6-15,17,25H,4-5,16H2,1-3H3. The first-order chi connectivity index (χ1) is 16.2. The molecule has 0 bridgehead atoms. The fourth-order valence-corrected chi connectivity index (χ4v) is 4.97. The van der Waals surface area contributed by atoms with Gasteiger partial charge in [0.2, 0.25) is 0 Å². The number of sulfone groups is 1. The minimum atomic E-state index is -3.42. The molecule has 0 N–H and O–H groups in total. The number of ether oxygens (including phenoxy) is 1. The SMILES string of the molecule is CN1C=C(c2cc(S(C)(=O)=O)ccc2OCC2CC2)c2cc(-c3cnn(C)c3)ccc2C1C=O. The van der Waals surface area contributed by atoms with Crippen molar-refractivity contribution < 1.29 is 17.9 Å². The van der Waals surface area contributed by atoms with Crippen molar-refractivity contribution in [2.24, 2.45) is 13.0 Å². The van der Waals surface area contributed by atoms with Crippen LogP contribution in [-0.2, 0) is 21.7 Å². The fourth-order valence-electron chi connectivity index (χ4n) is 4.32. The molecule has 1 aliphatic heterocycles. The van der Waals surface area contributed by atoms with Crippen LogP contribution in [0.2, 0.25) is 0 Å². The highest BCUT2D eigenvalue weighted by atomic mass is 32.2. The molecule has 0 spiro atoms. The van der Waals surface area contributed by atoms with Crippen molar-refractivity contribution in [3.05, 3.63) is 71.7 Å². The number of likely N-dealkylation sites (N-methyl/N-ethyl adjacent to an activating group) is 1. The van der Waals surface area contributed by atoms with Crippen molar-refractivity contribution >= 4 is 21.7 Å². The van der Waals surface area contributed by atoms with Crippen molar-refractivity contribution in [2.75, 3.05) is 19.9 Å². The van der Waals surface area contributed by atoms with E-state index in [2.05, 4.69) is 5.10 Å². The predicted octanol–water partition coefficient (Wildman–Crippen LogP) is 3.85. The molecule has 1 saturated carbocycles. The van der Waals surface area contributed by atoms with Gasteiger partial charge in [-0.2, -0.15) is 5.10 Å². The van der Waals surface area contributed by atoms with E-state index in [9.17, 15) is 13.2 Å². The van der Waals surface area contributed by atoms with Crippen LogP contribution in [0.3, 0.4) is 0 Å². The Morgan fingerprint density at radius 3 is 2.53 bits per heavy atom. The van der Waals surface area contributed by atoms with Crippen LogP contribution in [-0.4, -0.2) is 49.3 Å². The minimum Gasteiger partial charge on any atom is -0.493 e. The van der Waals surface area contributed by atoms with Crippen LogP contribution in [0.15, 0.2) is 59.9 Å². The number of aromatic nitrogens is 2. The maximum Gasteiger partial charge on any atom is 0.175 e. The van der Waals surface area contributed by atoms with Crippen LogP contribution in [0, 0.1) is 5.92 Å².